The fourth-order valence-electron chi connectivity index (χ4n) is 1.03. The normalized spacial score (nSPS) is 13.2. The summed E-state index contributed by atoms with van der Waals surface area (Å²) in [5, 5.41) is 29.9. The van der Waals surface area contributed by atoms with E-state index in [2.05, 4.69) is 0 Å². The minimum Gasteiger partial charge on any atom is -0.549 e. The molecule has 2 unspecified atom stereocenters. The minimum absolute atomic E-state index is 0. The molecule has 0 bridgehead atoms. The number of carbonyl (C=O) groups excluding carboxylic acids is 2. The molecule has 0 aliphatic carbocycles. The number of aliphatic hydroxyl groups excluding tert-OH is 2. The number of rotatable bonds is 8. The van der Waals surface area contributed by atoms with Crippen molar-refractivity contribution in [1.29, 1.82) is 0 Å². The van der Waals surface area contributed by atoms with E-state index in [1.165, 1.54) is 0 Å². The largest absolute Gasteiger partial charge is 1.00 e. The molecule has 0 radical (unpaired) electrons. The molecule has 12 nitrogen and oxygen atoms in total. The predicted molar refractivity (Wildman–Crippen MR) is 64.1 cm³/mol. The molecular formula is C8H14Na2O12S2. The van der Waals surface area contributed by atoms with Crippen LogP contribution in [0, 0.1) is 0 Å². The van der Waals surface area contributed by atoms with Crippen LogP contribution in [0.25, 0.3) is 0 Å². The Bertz CT molecular complexity index is 520. The Morgan fingerprint density at radius 2 is 0.958 bits per heavy atom. The van der Waals surface area contributed by atoms with Gasteiger partial charge in [0.05, 0.1) is 11.9 Å². The van der Waals surface area contributed by atoms with Crippen LogP contribution in [0.2, 0.25) is 0 Å². The van der Waals surface area contributed by atoms with Gasteiger partial charge >= 0.3 is 59.1 Å². The van der Waals surface area contributed by atoms with E-state index in [-0.39, 0.29) is 72.3 Å². The number of carboxylic acids is 2. The van der Waals surface area contributed by atoms with Gasteiger partial charge in [-0.25, -0.2) is 0 Å². The summed E-state index contributed by atoms with van der Waals surface area (Å²) >= 11 is 0. The second kappa shape index (κ2) is 14.8. The van der Waals surface area contributed by atoms with Gasteiger partial charge in [-0.1, -0.05) is 0 Å². The van der Waals surface area contributed by atoms with Gasteiger partial charge in [0, 0.05) is 13.2 Å². The molecule has 4 N–H and O–H groups in total. The molecule has 16 heteroatoms. The van der Waals surface area contributed by atoms with Crippen LogP contribution in [0.3, 0.4) is 0 Å². The van der Waals surface area contributed by atoms with Crippen LogP contribution < -0.4 is 69.3 Å². The van der Waals surface area contributed by atoms with Crippen LogP contribution in [0.5, 0.6) is 0 Å². The predicted octanol–water partition coefficient (Wildman–Crippen LogP) is -11.2. The number of hydrogen-bond acceptors (Lipinski definition) is 10. The van der Waals surface area contributed by atoms with Crippen molar-refractivity contribution in [2.24, 2.45) is 0 Å². The zero-order chi connectivity index (χ0) is 18.1. The van der Waals surface area contributed by atoms with Crippen LogP contribution in [0.15, 0.2) is 0 Å². The van der Waals surface area contributed by atoms with Crippen molar-refractivity contribution in [2.75, 3.05) is 13.2 Å². The summed E-state index contributed by atoms with van der Waals surface area (Å²) in [6, 6.07) is 0. The summed E-state index contributed by atoms with van der Waals surface area (Å²) in [6.45, 7) is 0.390. The second-order valence-electron chi connectivity index (χ2n) is 3.66. The van der Waals surface area contributed by atoms with Crippen molar-refractivity contribution >= 4 is 32.2 Å². The van der Waals surface area contributed by atoms with Gasteiger partial charge < -0.3 is 30.0 Å². The van der Waals surface area contributed by atoms with E-state index < -0.39 is 42.7 Å². The van der Waals surface area contributed by atoms with Crippen molar-refractivity contribution in [3.05, 3.63) is 0 Å². The third-order valence-electron chi connectivity index (χ3n) is 1.95. The molecule has 0 saturated heterocycles. The van der Waals surface area contributed by atoms with Gasteiger partial charge in [0.25, 0.3) is 20.2 Å². The van der Waals surface area contributed by atoms with E-state index in [1.54, 1.807) is 0 Å². The number of unbranched alkanes of at least 4 members (excludes halogenated alkanes) is 1. The summed E-state index contributed by atoms with van der Waals surface area (Å²) in [6.07, 6.45) is 1.44. The van der Waals surface area contributed by atoms with E-state index in [9.17, 15) is 36.6 Å². The van der Waals surface area contributed by atoms with E-state index in [4.69, 9.17) is 19.3 Å². The van der Waals surface area contributed by atoms with E-state index in [0.29, 0.717) is 0 Å². The Morgan fingerprint density at radius 3 is 1.04 bits per heavy atom. The van der Waals surface area contributed by atoms with Crippen LogP contribution in [0.4, 0.5) is 0 Å². The molecule has 0 heterocycles. The zero-order valence-corrected chi connectivity index (χ0v) is 18.5. The summed E-state index contributed by atoms with van der Waals surface area (Å²) < 4.78 is 58.4. The van der Waals surface area contributed by atoms with Gasteiger partial charge in [0.2, 0.25) is 0 Å². The molecule has 0 aromatic rings. The molecule has 2 atom stereocenters. The minimum atomic E-state index is -5.61. The topological polar surface area (TPSA) is 229 Å². The summed E-state index contributed by atoms with van der Waals surface area (Å²) in [5.74, 6) is -5.43. The molecular weight excluding hydrogens is 398 g/mol. The van der Waals surface area contributed by atoms with Gasteiger partial charge in [-0.3, -0.25) is 9.11 Å². The zero-order valence-electron chi connectivity index (χ0n) is 12.9. The van der Waals surface area contributed by atoms with Crippen LogP contribution in [-0.2, 0) is 29.8 Å². The Kier molecular flexibility index (Phi) is 20.0. The van der Waals surface area contributed by atoms with Crippen LogP contribution in [-0.4, -0.2) is 71.8 Å². The fraction of sp³-hybridized carbons (Fsp3) is 0.750. The smallest absolute Gasteiger partial charge is 0.549 e. The number of hydrogen-bond donors (Lipinski definition) is 4. The van der Waals surface area contributed by atoms with E-state index in [1.807, 2.05) is 0 Å². The van der Waals surface area contributed by atoms with Crippen molar-refractivity contribution in [2.45, 2.75) is 23.3 Å². The second-order valence-corrected chi connectivity index (χ2v) is 6.74. The van der Waals surface area contributed by atoms with Gasteiger partial charge in [-0.15, -0.1) is 0 Å². The molecule has 0 rings (SSSR count). The van der Waals surface area contributed by atoms with E-state index in [0.717, 1.165) is 12.8 Å². The van der Waals surface area contributed by atoms with Crippen molar-refractivity contribution in [1.82, 2.24) is 0 Å². The Balaban J connectivity index is -0.000000215. The summed E-state index contributed by atoms with van der Waals surface area (Å²) in [4.78, 5) is 20.4. The molecule has 0 aliphatic heterocycles. The van der Waals surface area contributed by atoms with E-state index >= 15 is 0 Å². The van der Waals surface area contributed by atoms with Crippen molar-refractivity contribution < 1.29 is 115 Å². The Morgan fingerprint density at radius 1 is 0.750 bits per heavy atom. The SMILES string of the molecule is O=C([O-])C(C(C(=O)[O-])S(=O)(=O)O)S(=O)(=O)O.OCCCCO.[Na+].[Na+]. The Labute approximate surface area is 182 Å². The van der Waals surface area contributed by atoms with Gasteiger partial charge in [0.15, 0.2) is 10.5 Å². The molecule has 0 aromatic carbocycles. The first-order valence-corrected chi connectivity index (χ1v) is 8.37. The first-order valence-electron chi connectivity index (χ1n) is 5.36. The third-order valence-corrected chi connectivity index (χ3v) is 4.33. The number of aliphatic carboxylic acids is 2. The molecule has 0 saturated carbocycles. The van der Waals surface area contributed by atoms with Gasteiger partial charge in [0.1, 0.15) is 0 Å². The Hall–Kier alpha value is 0.680. The van der Waals surface area contributed by atoms with Gasteiger partial charge in [-0.05, 0) is 12.8 Å². The molecule has 0 fully saturated rings. The first kappa shape index (κ1) is 32.4. The maximum atomic E-state index is 10.4. The summed E-state index contributed by atoms with van der Waals surface area (Å²) in [7, 11) is -11.2. The molecule has 132 valence electrons. The maximum absolute atomic E-state index is 10.4. The third kappa shape index (κ3) is 13.9. The number of aliphatic hydroxyl groups is 2. The quantitative estimate of drug-likeness (QED) is 0.165. The standard InChI is InChI=1S/C4H6O10S2.C4H10O2.2Na/c5-3(6)1(15(9,10)11)2(4(7)8)16(12,13)14;5-3-1-2-4-6;;/h1-2H,(H,5,6)(H,7,8)(H,9,10,11)(H,12,13,14);5-6H,1-4H2;;/q;;2*+1/p-2. The van der Waals surface area contributed by atoms with Crippen LogP contribution >= 0.6 is 0 Å². The fourth-order valence-corrected chi connectivity index (χ4v) is 3.20. The molecule has 0 spiro atoms. The molecule has 0 aliphatic rings. The average Bonchev–Trinajstić information content (AvgIpc) is 2.30. The van der Waals surface area contributed by atoms with Crippen molar-refractivity contribution in [3.8, 4) is 0 Å². The van der Waals surface area contributed by atoms with Crippen LogP contribution in [0.1, 0.15) is 12.8 Å². The molecule has 0 amide bonds. The summed E-state index contributed by atoms with van der Waals surface area (Å²) in [5.41, 5.74) is 0. The number of carbonyl (C=O) groups is 2. The number of carboxylic acid groups (broad SMARTS) is 2. The monoisotopic (exact) mass is 412 g/mol. The van der Waals surface area contributed by atoms with Crippen molar-refractivity contribution in [3.63, 3.8) is 0 Å². The first-order chi connectivity index (χ1) is 9.80. The molecule has 24 heavy (non-hydrogen) atoms. The maximum Gasteiger partial charge on any atom is 1.00 e. The average molecular weight is 412 g/mol. The molecule has 0 aromatic heterocycles. The van der Waals surface area contributed by atoms with Gasteiger partial charge in [-0.2, -0.15) is 16.8 Å².